The molecule has 1 heterocycles. The number of hydrogen-bond donors (Lipinski definition) is 2. The predicted molar refractivity (Wildman–Crippen MR) is 105 cm³/mol. The quantitative estimate of drug-likeness (QED) is 0.434. The molecule has 0 spiro atoms. The Morgan fingerprint density at radius 1 is 1.22 bits per heavy atom. The molecule has 6 heteroatoms. The van der Waals surface area contributed by atoms with Crippen LogP contribution in [0.1, 0.15) is 25.3 Å². The highest BCUT2D eigenvalue weighted by Crippen LogP contribution is 2.20. The van der Waals surface area contributed by atoms with Gasteiger partial charge in [-0.3, -0.25) is 4.99 Å². The van der Waals surface area contributed by atoms with Crippen LogP contribution in [0.5, 0.6) is 0 Å². The Hall–Kier alpha value is -1.57. The Bertz CT molecular complexity index is 620. The summed E-state index contributed by atoms with van der Waals surface area (Å²) >= 11 is 0. The van der Waals surface area contributed by atoms with Crippen molar-refractivity contribution in [1.82, 2.24) is 15.6 Å². The van der Waals surface area contributed by atoms with Gasteiger partial charge in [0.15, 0.2) is 11.7 Å². The van der Waals surface area contributed by atoms with Crippen LogP contribution in [0, 0.1) is 12.8 Å². The fraction of sp³-hybridized carbons (Fsp3) is 0.412. The molecule has 0 amide bonds. The van der Waals surface area contributed by atoms with Crippen molar-refractivity contribution in [3.63, 3.8) is 0 Å². The van der Waals surface area contributed by atoms with Crippen molar-refractivity contribution in [2.24, 2.45) is 10.9 Å². The molecule has 5 nitrogen and oxygen atoms in total. The Morgan fingerprint density at radius 2 is 1.91 bits per heavy atom. The lowest BCUT2D eigenvalue weighted by atomic mass is 10.1. The molecule has 0 aliphatic carbocycles. The highest BCUT2D eigenvalue weighted by atomic mass is 127. The Balaban J connectivity index is 0.00000264. The van der Waals surface area contributed by atoms with Crippen LogP contribution >= 0.6 is 24.0 Å². The van der Waals surface area contributed by atoms with Gasteiger partial charge in [0, 0.05) is 19.2 Å². The zero-order chi connectivity index (χ0) is 15.9. The summed E-state index contributed by atoms with van der Waals surface area (Å²) in [6.45, 7) is 7.75. The number of nitrogens with one attached hydrogen (secondary N) is 2. The van der Waals surface area contributed by atoms with Gasteiger partial charge in [0.1, 0.15) is 0 Å². The van der Waals surface area contributed by atoms with Crippen LogP contribution in [0.15, 0.2) is 39.9 Å². The van der Waals surface area contributed by atoms with E-state index in [1.54, 1.807) is 13.2 Å². The second-order valence-corrected chi connectivity index (χ2v) is 5.68. The maximum atomic E-state index is 5.77. The van der Waals surface area contributed by atoms with E-state index in [2.05, 4.69) is 53.5 Å². The largest absolute Gasteiger partial charge is 0.439 e. The molecule has 0 radical (unpaired) electrons. The SMILES string of the molecule is CN=C(NCc1ncc(-c2ccc(C)cc2)o1)NCC(C)C.I. The van der Waals surface area contributed by atoms with Crippen molar-refractivity contribution >= 4 is 29.9 Å². The van der Waals surface area contributed by atoms with E-state index in [0.717, 1.165) is 23.8 Å². The lowest BCUT2D eigenvalue weighted by Crippen LogP contribution is -2.38. The molecule has 2 rings (SSSR count). The molecule has 0 unspecified atom stereocenters. The third-order valence-corrected chi connectivity index (χ3v) is 3.20. The standard InChI is InChI=1S/C17H24N4O.HI/c1-12(2)9-20-17(18-4)21-11-16-19-10-15(22-16)14-7-5-13(3)6-8-14;/h5-8,10,12H,9,11H2,1-4H3,(H2,18,20,21);1H. The van der Waals surface area contributed by atoms with Crippen LogP contribution in [-0.2, 0) is 6.54 Å². The Kier molecular flexibility index (Phi) is 8.08. The summed E-state index contributed by atoms with van der Waals surface area (Å²) in [5.41, 5.74) is 2.26. The van der Waals surface area contributed by atoms with Gasteiger partial charge >= 0.3 is 0 Å². The minimum Gasteiger partial charge on any atom is -0.439 e. The van der Waals surface area contributed by atoms with Gasteiger partial charge in [-0.15, -0.1) is 24.0 Å². The highest BCUT2D eigenvalue weighted by Gasteiger charge is 2.07. The number of aryl methyl sites for hydroxylation is 1. The molecule has 1 aromatic carbocycles. The number of aliphatic imine (C=N–C) groups is 1. The van der Waals surface area contributed by atoms with Gasteiger partial charge < -0.3 is 15.1 Å². The summed E-state index contributed by atoms with van der Waals surface area (Å²) in [4.78, 5) is 8.48. The second kappa shape index (κ2) is 9.54. The average molecular weight is 428 g/mol. The van der Waals surface area contributed by atoms with E-state index in [4.69, 9.17) is 4.42 Å². The topological polar surface area (TPSA) is 62.5 Å². The number of oxazole rings is 1. The van der Waals surface area contributed by atoms with Crippen LogP contribution < -0.4 is 10.6 Å². The zero-order valence-corrected chi connectivity index (χ0v) is 16.4. The molecular weight excluding hydrogens is 403 g/mol. The van der Waals surface area contributed by atoms with Crippen molar-refractivity contribution in [1.29, 1.82) is 0 Å². The number of nitrogens with zero attached hydrogens (tertiary/aromatic N) is 2. The summed E-state index contributed by atoms with van der Waals surface area (Å²) < 4.78 is 5.77. The molecular formula is C17H25IN4O. The highest BCUT2D eigenvalue weighted by molar-refractivity contribution is 14.0. The molecule has 0 saturated carbocycles. The first-order valence-corrected chi connectivity index (χ1v) is 7.54. The average Bonchev–Trinajstić information content (AvgIpc) is 2.97. The van der Waals surface area contributed by atoms with E-state index < -0.39 is 0 Å². The maximum absolute atomic E-state index is 5.77. The minimum absolute atomic E-state index is 0. The van der Waals surface area contributed by atoms with Gasteiger partial charge in [-0.2, -0.15) is 0 Å². The molecule has 1 aromatic heterocycles. The fourth-order valence-electron chi connectivity index (χ4n) is 1.92. The number of hydrogen-bond acceptors (Lipinski definition) is 3. The Labute approximate surface area is 155 Å². The van der Waals surface area contributed by atoms with Gasteiger partial charge in [0.2, 0.25) is 5.89 Å². The van der Waals surface area contributed by atoms with Crippen molar-refractivity contribution in [2.45, 2.75) is 27.3 Å². The summed E-state index contributed by atoms with van der Waals surface area (Å²) in [6, 6.07) is 8.20. The molecule has 2 N–H and O–H groups in total. The van der Waals surface area contributed by atoms with Crippen molar-refractivity contribution in [2.75, 3.05) is 13.6 Å². The molecule has 0 aliphatic rings. The van der Waals surface area contributed by atoms with Crippen molar-refractivity contribution < 1.29 is 4.42 Å². The van der Waals surface area contributed by atoms with Crippen LogP contribution in [-0.4, -0.2) is 24.5 Å². The smallest absolute Gasteiger partial charge is 0.214 e. The Morgan fingerprint density at radius 3 is 2.52 bits per heavy atom. The summed E-state index contributed by atoms with van der Waals surface area (Å²) in [6.07, 6.45) is 1.76. The van der Waals surface area contributed by atoms with E-state index in [9.17, 15) is 0 Å². The first-order chi connectivity index (χ1) is 10.6. The predicted octanol–water partition coefficient (Wildman–Crippen LogP) is 3.59. The summed E-state index contributed by atoms with van der Waals surface area (Å²) in [5.74, 6) is 2.74. The molecule has 0 fully saturated rings. The number of benzene rings is 1. The number of guanidine groups is 1. The minimum atomic E-state index is 0. The first-order valence-electron chi connectivity index (χ1n) is 7.54. The van der Waals surface area contributed by atoms with Crippen molar-refractivity contribution in [3.8, 4) is 11.3 Å². The molecule has 2 aromatic rings. The molecule has 0 bridgehead atoms. The first kappa shape index (κ1) is 19.5. The number of halogens is 1. The number of rotatable bonds is 5. The van der Waals surface area contributed by atoms with Gasteiger partial charge in [-0.25, -0.2) is 4.98 Å². The lowest BCUT2D eigenvalue weighted by Gasteiger charge is -2.12. The van der Waals surface area contributed by atoms with Gasteiger partial charge in [0.05, 0.1) is 12.7 Å². The lowest BCUT2D eigenvalue weighted by molar-refractivity contribution is 0.496. The maximum Gasteiger partial charge on any atom is 0.214 e. The molecule has 126 valence electrons. The third-order valence-electron chi connectivity index (χ3n) is 3.20. The van der Waals surface area contributed by atoms with E-state index >= 15 is 0 Å². The molecule has 0 atom stereocenters. The monoisotopic (exact) mass is 428 g/mol. The van der Waals surface area contributed by atoms with E-state index in [1.807, 2.05) is 12.1 Å². The van der Waals surface area contributed by atoms with E-state index in [-0.39, 0.29) is 24.0 Å². The van der Waals surface area contributed by atoms with Crippen LogP contribution in [0.4, 0.5) is 0 Å². The second-order valence-electron chi connectivity index (χ2n) is 5.68. The fourth-order valence-corrected chi connectivity index (χ4v) is 1.92. The molecule has 0 aliphatic heterocycles. The van der Waals surface area contributed by atoms with E-state index in [0.29, 0.717) is 18.4 Å². The van der Waals surface area contributed by atoms with Crippen LogP contribution in [0.3, 0.4) is 0 Å². The third kappa shape index (κ3) is 6.21. The summed E-state index contributed by atoms with van der Waals surface area (Å²) in [7, 11) is 1.75. The van der Waals surface area contributed by atoms with Crippen LogP contribution in [0.25, 0.3) is 11.3 Å². The van der Waals surface area contributed by atoms with Crippen molar-refractivity contribution in [3.05, 3.63) is 41.9 Å². The number of aromatic nitrogens is 1. The van der Waals surface area contributed by atoms with Gasteiger partial charge in [-0.05, 0) is 12.8 Å². The van der Waals surface area contributed by atoms with E-state index in [1.165, 1.54) is 5.56 Å². The zero-order valence-electron chi connectivity index (χ0n) is 14.1. The van der Waals surface area contributed by atoms with Crippen LogP contribution in [0.2, 0.25) is 0 Å². The summed E-state index contributed by atoms with van der Waals surface area (Å²) in [5, 5.41) is 6.45. The molecule has 23 heavy (non-hydrogen) atoms. The van der Waals surface area contributed by atoms with Gasteiger partial charge in [-0.1, -0.05) is 43.7 Å². The molecule has 0 saturated heterocycles. The van der Waals surface area contributed by atoms with Gasteiger partial charge in [0.25, 0.3) is 0 Å². The normalized spacial score (nSPS) is 11.3.